The van der Waals surface area contributed by atoms with Gasteiger partial charge in [-0.3, -0.25) is 14.1 Å². The number of phosphoric acid groups is 1. The summed E-state index contributed by atoms with van der Waals surface area (Å²) in [5, 5.41) is 8.78. The quantitative estimate of drug-likeness (QED) is 0.0239. The van der Waals surface area contributed by atoms with Crippen LogP contribution in [0.2, 0.25) is 0 Å². The van der Waals surface area contributed by atoms with E-state index in [0.29, 0.717) is 19.3 Å². The van der Waals surface area contributed by atoms with E-state index >= 15 is 0 Å². The van der Waals surface area contributed by atoms with Gasteiger partial charge in [-0.1, -0.05) is 178 Å². The molecule has 0 aromatic carbocycles. The molecule has 0 aliphatic heterocycles. The Balaban J connectivity index is 3.96. The highest BCUT2D eigenvalue weighted by atomic mass is 31.2. The fourth-order valence-corrected chi connectivity index (χ4v) is 6.47. The van der Waals surface area contributed by atoms with Crippen LogP contribution >= 0.6 is 7.82 Å². The van der Waals surface area contributed by atoms with E-state index in [2.05, 4.69) is 47.9 Å². The second kappa shape index (κ2) is 41.6. The Labute approximate surface area is 336 Å². The molecule has 0 aromatic heterocycles. The first-order chi connectivity index (χ1) is 26.8. The van der Waals surface area contributed by atoms with Crippen molar-refractivity contribution in [3.8, 4) is 0 Å². The van der Waals surface area contributed by atoms with Crippen LogP contribution in [0.5, 0.6) is 0 Å². The summed E-state index contributed by atoms with van der Waals surface area (Å²) in [6.07, 6.45) is 48.5. The van der Waals surface area contributed by atoms with E-state index in [1.807, 2.05) is 12.2 Å². The van der Waals surface area contributed by atoms with Crippen molar-refractivity contribution in [3.05, 3.63) is 48.6 Å². The number of phosphoric ester groups is 1. The number of carbonyl (C=O) groups is 2. The van der Waals surface area contributed by atoms with Gasteiger partial charge in [0.2, 0.25) is 0 Å². The second-order valence-electron chi connectivity index (χ2n) is 14.8. The lowest BCUT2D eigenvalue weighted by atomic mass is 10.0. The molecular formula is C45H81O9P. The van der Waals surface area contributed by atoms with Gasteiger partial charge in [-0.05, 0) is 57.8 Å². The lowest BCUT2D eigenvalue weighted by Gasteiger charge is -2.18. The van der Waals surface area contributed by atoms with E-state index in [1.165, 1.54) is 103 Å². The van der Waals surface area contributed by atoms with Crippen molar-refractivity contribution in [2.75, 3.05) is 19.8 Å². The molecule has 1 atom stereocenters. The Bertz CT molecular complexity index is 1030. The number of carbonyl (C=O) groups excluding carboxylic acids is 2. The van der Waals surface area contributed by atoms with Gasteiger partial charge in [0, 0.05) is 19.4 Å². The van der Waals surface area contributed by atoms with Crippen molar-refractivity contribution in [1.82, 2.24) is 0 Å². The highest BCUT2D eigenvalue weighted by molar-refractivity contribution is 7.46. The fraction of sp³-hybridized carbons (Fsp3) is 0.778. The van der Waals surface area contributed by atoms with Crippen molar-refractivity contribution in [2.45, 2.75) is 206 Å². The first-order valence-electron chi connectivity index (χ1n) is 22.0. The predicted octanol–water partition coefficient (Wildman–Crippen LogP) is 12.5. The molecule has 3 N–H and O–H groups in total. The van der Waals surface area contributed by atoms with Crippen LogP contribution in [-0.4, -0.2) is 52.8 Å². The monoisotopic (exact) mass is 797 g/mol. The van der Waals surface area contributed by atoms with Gasteiger partial charge < -0.3 is 24.4 Å². The summed E-state index contributed by atoms with van der Waals surface area (Å²) < 4.78 is 26.4. The van der Waals surface area contributed by atoms with Crippen molar-refractivity contribution in [1.29, 1.82) is 0 Å². The lowest BCUT2D eigenvalue weighted by Crippen LogP contribution is -2.29. The Morgan fingerprint density at radius 3 is 1.36 bits per heavy atom. The lowest BCUT2D eigenvalue weighted by molar-refractivity contribution is -0.161. The van der Waals surface area contributed by atoms with Gasteiger partial charge in [0.25, 0.3) is 0 Å². The number of esters is 2. The van der Waals surface area contributed by atoms with Gasteiger partial charge in [0.15, 0.2) is 6.10 Å². The molecule has 0 aliphatic carbocycles. The zero-order chi connectivity index (χ0) is 40.3. The molecule has 0 aromatic rings. The number of allylic oxidation sites excluding steroid dienone is 8. The first kappa shape index (κ1) is 53.0. The number of aliphatic hydroxyl groups excluding tert-OH is 1. The summed E-state index contributed by atoms with van der Waals surface area (Å²) in [5.41, 5.74) is 0. The number of hydrogen-bond donors (Lipinski definition) is 3. The van der Waals surface area contributed by atoms with Gasteiger partial charge in [-0.15, -0.1) is 0 Å². The highest BCUT2D eigenvalue weighted by Gasteiger charge is 2.22. The number of ether oxygens (including phenoxy) is 2. The SMILES string of the molecule is CCCCCCCCCCCCCCCCCCCCCC(=O)OC[C@H](COP(=O)(O)O)OC(=O)CCC/C=C\C/C=C\C/C=C\C/C=C\CCCCCO. The second-order valence-corrected chi connectivity index (χ2v) is 16.0. The Morgan fingerprint density at radius 2 is 0.909 bits per heavy atom. The molecule has 55 heavy (non-hydrogen) atoms. The summed E-state index contributed by atoms with van der Waals surface area (Å²) in [7, 11) is -4.78. The average molecular weight is 797 g/mol. The molecule has 0 unspecified atom stereocenters. The molecule has 9 nitrogen and oxygen atoms in total. The molecule has 0 saturated carbocycles. The van der Waals surface area contributed by atoms with Gasteiger partial charge in [0.1, 0.15) is 6.61 Å². The standard InChI is InChI=1S/C45H81O9P/c1-2-3-4-5-6-7-8-9-10-11-12-14-17-20-23-26-29-32-35-38-44(47)52-41-43(42-53-55(49,50)51)54-45(48)39-36-33-30-27-24-21-18-15-13-16-19-22-25-28-31-34-37-40-46/h13,16,18,21-22,25,27,30,43,46H,2-12,14-15,17,19-20,23-24,26,28-29,31-42H2,1H3,(H2,49,50,51)/b16-13-,21-18-,25-22-,30-27-/t43-/m1/s1. The van der Waals surface area contributed by atoms with Gasteiger partial charge in [-0.25, -0.2) is 4.57 Å². The van der Waals surface area contributed by atoms with Crippen LogP contribution in [0.4, 0.5) is 0 Å². The molecule has 0 fully saturated rings. The van der Waals surface area contributed by atoms with Crippen LogP contribution in [-0.2, 0) is 28.2 Å². The van der Waals surface area contributed by atoms with Crippen molar-refractivity contribution >= 4 is 19.8 Å². The van der Waals surface area contributed by atoms with E-state index in [1.54, 1.807) is 0 Å². The smallest absolute Gasteiger partial charge is 0.462 e. The largest absolute Gasteiger partial charge is 0.469 e. The van der Waals surface area contributed by atoms with E-state index in [0.717, 1.165) is 57.8 Å². The normalized spacial score (nSPS) is 12.9. The summed E-state index contributed by atoms with van der Waals surface area (Å²) >= 11 is 0. The summed E-state index contributed by atoms with van der Waals surface area (Å²) in [6.45, 7) is 1.67. The third-order valence-corrected chi connectivity index (χ3v) is 9.89. The maximum Gasteiger partial charge on any atom is 0.469 e. The maximum absolute atomic E-state index is 12.4. The molecular weight excluding hydrogens is 715 g/mol. The Hall–Kier alpha value is -2.03. The molecule has 0 aliphatic rings. The number of rotatable bonds is 41. The number of hydrogen-bond acceptors (Lipinski definition) is 7. The number of unbranched alkanes of at least 4 members (excludes halogenated alkanes) is 22. The topological polar surface area (TPSA) is 140 Å². The minimum Gasteiger partial charge on any atom is -0.462 e. The summed E-state index contributed by atoms with van der Waals surface area (Å²) in [4.78, 5) is 42.9. The zero-order valence-corrected chi connectivity index (χ0v) is 35.7. The van der Waals surface area contributed by atoms with E-state index < -0.39 is 32.5 Å². The minimum atomic E-state index is -4.78. The van der Waals surface area contributed by atoms with Crippen LogP contribution < -0.4 is 0 Å². The molecule has 0 rings (SSSR count). The van der Waals surface area contributed by atoms with Gasteiger partial charge in [-0.2, -0.15) is 0 Å². The van der Waals surface area contributed by atoms with E-state index in [-0.39, 0.29) is 26.1 Å². The van der Waals surface area contributed by atoms with Crippen molar-refractivity contribution in [3.63, 3.8) is 0 Å². The Morgan fingerprint density at radius 1 is 0.509 bits per heavy atom. The fourth-order valence-electron chi connectivity index (χ4n) is 6.11. The molecule has 10 heteroatoms. The first-order valence-corrected chi connectivity index (χ1v) is 23.6. The minimum absolute atomic E-state index is 0.127. The van der Waals surface area contributed by atoms with Crippen molar-refractivity contribution in [2.24, 2.45) is 0 Å². The third kappa shape index (κ3) is 44.6. The van der Waals surface area contributed by atoms with Crippen molar-refractivity contribution < 1.29 is 43.0 Å². The Kier molecular flexibility index (Phi) is 40.1. The van der Waals surface area contributed by atoms with E-state index in [4.69, 9.17) is 24.4 Å². The molecule has 320 valence electrons. The predicted molar refractivity (Wildman–Crippen MR) is 227 cm³/mol. The van der Waals surface area contributed by atoms with Crippen LogP contribution in [0.15, 0.2) is 48.6 Å². The molecule has 0 bridgehead atoms. The van der Waals surface area contributed by atoms with Crippen LogP contribution in [0.25, 0.3) is 0 Å². The van der Waals surface area contributed by atoms with Crippen LogP contribution in [0.3, 0.4) is 0 Å². The molecule has 0 heterocycles. The van der Waals surface area contributed by atoms with E-state index in [9.17, 15) is 14.2 Å². The van der Waals surface area contributed by atoms with Crippen LogP contribution in [0.1, 0.15) is 200 Å². The molecule has 0 amide bonds. The van der Waals surface area contributed by atoms with Gasteiger partial charge in [0.05, 0.1) is 6.61 Å². The highest BCUT2D eigenvalue weighted by Crippen LogP contribution is 2.36. The third-order valence-electron chi connectivity index (χ3n) is 9.41. The van der Waals surface area contributed by atoms with Gasteiger partial charge >= 0.3 is 19.8 Å². The summed E-state index contributed by atoms with van der Waals surface area (Å²) in [5.74, 6) is -0.959. The average Bonchev–Trinajstić information content (AvgIpc) is 3.16. The molecule has 0 saturated heterocycles. The molecule has 0 radical (unpaired) electrons. The maximum atomic E-state index is 12.4. The molecule has 0 spiro atoms. The van der Waals surface area contributed by atoms with Crippen LogP contribution in [0, 0.1) is 0 Å². The summed E-state index contributed by atoms with van der Waals surface area (Å²) in [6, 6.07) is 0. The zero-order valence-electron chi connectivity index (χ0n) is 34.8. The number of aliphatic hydroxyl groups is 1.